The van der Waals surface area contributed by atoms with Gasteiger partial charge in [0.15, 0.2) is 0 Å². The molecule has 0 aliphatic carbocycles. The van der Waals surface area contributed by atoms with Crippen molar-refractivity contribution in [2.45, 2.75) is 52.2 Å². The molecule has 0 saturated carbocycles. The number of amides is 1. The van der Waals surface area contributed by atoms with Crippen LogP contribution >= 0.6 is 0 Å². The van der Waals surface area contributed by atoms with Crippen LogP contribution in [-0.2, 0) is 17.6 Å². The predicted molar refractivity (Wildman–Crippen MR) is 110 cm³/mol. The Balaban J connectivity index is 1.82. The first kappa shape index (κ1) is 19.0. The topological polar surface area (TPSA) is 54.1 Å². The van der Waals surface area contributed by atoms with Gasteiger partial charge in [-0.05, 0) is 51.0 Å². The number of rotatable bonds is 5. The summed E-state index contributed by atoms with van der Waals surface area (Å²) >= 11 is 0. The number of hydrogen-bond donors (Lipinski definition) is 2. The second-order valence-electron chi connectivity index (χ2n) is 8.16. The summed E-state index contributed by atoms with van der Waals surface area (Å²) in [6, 6.07) is 16.5. The summed E-state index contributed by atoms with van der Waals surface area (Å²) < 4.78 is 5.82. The van der Waals surface area contributed by atoms with Crippen LogP contribution in [0.4, 0.5) is 4.79 Å². The molecule has 1 aromatic heterocycles. The van der Waals surface area contributed by atoms with Gasteiger partial charge in [0.25, 0.3) is 0 Å². The van der Waals surface area contributed by atoms with Gasteiger partial charge in [-0.25, -0.2) is 4.79 Å². The Morgan fingerprint density at radius 1 is 1.11 bits per heavy atom. The molecule has 4 nitrogen and oxygen atoms in total. The molecular formula is C23H28N2O2. The lowest BCUT2D eigenvalue weighted by molar-refractivity contribution is 0.0913. The number of fused-ring (bicyclic) bond motifs is 1. The van der Waals surface area contributed by atoms with Crippen molar-refractivity contribution in [1.29, 1.82) is 0 Å². The van der Waals surface area contributed by atoms with Gasteiger partial charge in [-0.1, -0.05) is 42.0 Å². The van der Waals surface area contributed by atoms with E-state index in [1.54, 1.807) is 0 Å². The van der Waals surface area contributed by atoms with E-state index in [9.17, 15) is 4.79 Å². The van der Waals surface area contributed by atoms with E-state index in [1.807, 2.05) is 45.2 Å². The molecule has 142 valence electrons. The minimum atomic E-state index is -0.376. The molecule has 3 aromatic rings. The molecule has 4 heteroatoms. The number of aromatic amines is 1. The Hall–Kier alpha value is -2.75. The van der Waals surface area contributed by atoms with Gasteiger partial charge in [-0.15, -0.1) is 0 Å². The second-order valence-corrected chi connectivity index (χ2v) is 8.16. The van der Waals surface area contributed by atoms with Crippen molar-refractivity contribution in [2.24, 2.45) is 0 Å². The fourth-order valence-corrected chi connectivity index (χ4v) is 3.23. The van der Waals surface area contributed by atoms with Crippen LogP contribution in [0, 0.1) is 6.92 Å². The van der Waals surface area contributed by atoms with Crippen LogP contribution in [0.1, 0.15) is 37.5 Å². The number of aryl methyl sites for hydroxylation is 1. The van der Waals surface area contributed by atoms with Crippen molar-refractivity contribution in [3.8, 4) is 0 Å². The summed E-state index contributed by atoms with van der Waals surface area (Å²) in [5.41, 5.74) is 4.31. The van der Waals surface area contributed by atoms with Crippen molar-refractivity contribution in [3.05, 3.63) is 71.4 Å². The van der Waals surface area contributed by atoms with E-state index in [1.165, 1.54) is 10.9 Å². The number of nitrogens with one attached hydrogen (secondary N) is 2. The molecule has 0 radical (unpaired) electrons. The molecule has 0 bridgehead atoms. The van der Waals surface area contributed by atoms with Crippen LogP contribution < -0.4 is 5.32 Å². The van der Waals surface area contributed by atoms with E-state index >= 15 is 0 Å². The number of alkyl carbamates (subject to hydrolysis) is 1. The van der Waals surface area contributed by atoms with Crippen molar-refractivity contribution in [2.75, 3.05) is 0 Å². The van der Waals surface area contributed by atoms with E-state index in [0.717, 1.165) is 16.6 Å². The first-order valence-corrected chi connectivity index (χ1v) is 9.39. The Morgan fingerprint density at radius 3 is 2.56 bits per heavy atom. The van der Waals surface area contributed by atoms with Crippen LogP contribution in [-0.4, -0.2) is 22.7 Å². The van der Waals surface area contributed by atoms with Gasteiger partial charge < -0.3 is 15.0 Å². The van der Waals surface area contributed by atoms with E-state index in [2.05, 4.69) is 47.6 Å². The fraction of sp³-hybridized carbons (Fsp3) is 0.348. The standard InChI is InChI=1S/C23H28N2O2/c1-16-10-11-21-20(12-16)18(15-24-21)14-19(13-17-8-6-5-7-9-17)27-22(26)25-23(2,3)4/h5-12,15,19,24H,13-14H2,1-4H3,(H,25,26)/t19-/m1/s1. The largest absolute Gasteiger partial charge is 0.446 e. The Bertz CT molecular complexity index is 907. The molecule has 0 fully saturated rings. The molecule has 0 saturated heterocycles. The lowest BCUT2D eigenvalue weighted by Crippen LogP contribution is -2.42. The Labute approximate surface area is 160 Å². The summed E-state index contributed by atoms with van der Waals surface area (Å²) in [4.78, 5) is 15.7. The Morgan fingerprint density at radius 2 is 1.85 bits per heavy atom. The summed E-state index contributed by atoms with van der Waals surface area (Å²) in [5, 5.41) is 4.08. The van der Waals surface area contributed by atoms with E-state index in [4.69, 9.17) is 4.74 Å². The smallest absolute Gasteiger partial charge is 0.407 e. The molecular weight excluding hydrogens is 336 g/mol. The van der Waals surface area contributed by atoms with Crippen LogP contribution in [0.5, 0.6) is 0 Å². The minimum absolute atomic E-state index is 0.241. The normalized spacial score (nSPS) is 12.7. The van der Waals surface area contributed by atoms with Crippen molar-refractivity contribution in [1.82, 2.24) is 10.3 Å². The quantitative estimate of drug-likeness (QED) is 0.657. The van der Waals surface area contributed by atoms with E-state index < -0.39 is 0 Å². The number of ether oxygens (including phenoxy) is 1. The number of benzene rings is 2. The van der Waals surface area contributed by atoms with Crippen molar-refractivity contribution >= 4 is 17.0 Å². The first-order valence-electron chi connectivity index (χ1n) is 9.39. The highest BCUT2D eigenvalue weighted by atomic mass is 16.6. The average molecular weight is 364 g/mol. The van der Waals surface area contributed by atoms with Crippen molar-refractivity contribution < 1.29 is 9.53 Å². The molecule has 2 aromatic carbocycles. The fourth-order valence-electron chi connectivity index (χ4n) is 3.23. The van der Waals surface area contributed by atoms with Crippen molar-refractivity contribution in [3.63, 3.8) is 0 Å². The number of carbonyl (C=O) groups excluding carboxylic acids is 1. The molecule has 2 N–H and O–H groups in total. The van der Waals surface area contributed by atoms with E-state index in [0.29, 0.717) is 12.8 Å². The van der Waals surface area contributed by atoms with Gasteiger partial charge in [0, 0.05) is 35.5 Å². The van der Waals surface area contributed by atoms with Crippen LogP contribution in [0.25, 0.3) is 10.9 Å². The molecule has 27 heavy (non-hydrogen) atoms. The SMILES string of the molecule is Cc1ccc2[nH]cc(C[C@@H](Cc3ccccc3)OC(=O)NC(C)(C)C)c2c1. The van der Waals surface area contributed by atoms with Gasteiger partial charge in [0.05, 0.1) is 0 Å². The highest BCUT2D eigenvalue weighted by Crippen LogP contribution is 2.23. The molecule has 0 aliphatic heterocycles. The maximum absolute atomic E-state index is 12.4. The van der Waals surface area contributed by atoms with Gasteiger partial charge in [-0.3, -0.25) is 0 Å². The lowest BCUT2D eigenvalue weighted by atomic mass is 10.00. The zero-order valence-corrected chi connectivity index (χ0v) is 16.5. The molecule has 1 amide bonds. The maximum atomic E-state index is 12.4. The van der Waals surface area contributed by atoms with Gasteiger partial charge in [0.1, 0.15) is 6.10 Å². The molecule has 0 aliphatic rings. The van der Waals surface area contributed by atoms with Crippen LogP contribution in [0.3, 0.4) is 0 Å². The molecule has 3 rings (SSSR count). The van der Waals surface area contributed by atoms with Crippen LogP contribution in [0.2, 0.25) is 0 Å². The summed E-state index contributed by atoms with van der Waals surface area (Å²) in [7, 11) is 0. The van der Waals surface area contributed by atoms with Gasteiger partial charge in [0.2, 0.25) is 0 Å². The first-order chi connectivity index (χ1) is 12.8. The number of carbonyl (C=O) groups is 1. The van der Waals surface area contributed by atoms with E-state index in [-0.39, 0.29) is 17.7 Å². The lowest BCUT2D eigenvalue weighted by Gasteiger charge is -2.24. The molecule has 1 heterocycles. The summed E-state index contributed by atoms with van der Waals surface area (Å²) in [5.74, 6) is 0. The Kier molecular flexibility index (Phi) is 5.54. The predicted octanol–water partition coefficient (Wildman–Crippen LogP) is 5.15. The van der Waals surface area contributed by atoms with Gasteiger partial charge in [-0.2, -0.15) is 0 Å². The maximum Gasteiger partial charge on any atom is 0.407 e. The second kappa shape index (κ2) is 7.87. The highest BCUT2D eigenvalue weighted by Gasteiger charge is 2.21. The third-order valence-corrected chi connectivity index (χ3v) is 4.43. The zero-order chi connectivity index (χ0) is 19.4. The summed E-state index contributed by atoms with van der Waals surface area (Å²) in [6.07, 6.45) is 2.74. The summed E-state index contributed by atoms with van der Waals surface area (Å²) in [6.45, 7) is 7.93. The number of aromatic nitrogens is 1. The number of H-pyrrole nitrogens is 1. The van der Waals surface area contributed by atoms with Gasteiger partial charge >= 0.3 is 6.09 Å². The number of hydrogen-bond acceptors (Lipinski definition) is 2. The average Bonchev–Trinajstić information content (AvgIpc) is 2.96. The molecule has 0 spiro atoms. The molecule has 1 atom stereocenters. The minimum Gasteiger partial charge on any atom is -0.446 e. The third-order valence-electron chi connectivity index (χ3n) is 4.43. The highest BCUT2D eigenvalue weighted by molar-refractivity contribution is 5.84. The molecule has 0 unspecified atom stereocenters. The monoisotopic (exact) mass is 364 g/mol. The zero-order valence-electron chi connectivity index (χ0n) is 16.5. The van der Waals surface area contributed by atoms with Crippen LogP contribution in [0.15, 0.2) is 54.7 Å². The third kappa shape index (κ3) is 5.36.